The van der Waals surface area contributed by atoms with Crippen LogP contribution in [0.1, 0.15) is 88.3 Å². The summed E-state index contributed by atoms with van der Waals surface area (Å²) in [6.07, 6.45) is -0.792. The number of hydrogen-bond donors (Lipinski definition) is 13. The number of halogens is 1. The van der Waals surface area contributed by atoms with Gasteiger partial charge in [-0.2, -0.15) is 0 Å². The van der Waals surface area contributed by atoms with Crippen molar-refractivity contribution in [3.8, 4) is 5.75 Å². The van der Waals surface area contributed by atoms with Gasteiger partial charge in [0.15, 0.2) is 5.96 Å². The van der Waals surface area contributed by atoms with Crippen molar-refractivity contribution < 1.29 is 53.1 Å². The predicted molar refractivity (Wildman–Crippen MR) is 305 cm³/mol. The van der Waals surface area contributed by atoms with Crippen molar-refractivity contribution in [1.29, 1.82) is 0 Å². The van der Waals surface area contributed by atoms with E-state index in [1.807, 2.05) is 36.4 Å². The number of phenols is 1. The van der Waals surface area contributed by atoms with Gasteiger partial charge in [-0.25, -0.2) is 0 Å². The molecule has 1 saturated heterocycles. The summed E-state index contributed by atoms with van der Waals surface area (Å²) in [6, 6.07) is 11.8. The molecule has 434 valence electrons. The number of nitrogens with two attached hydrogens (primary N) is 6. The van der Waals surface area contributed by atoms with E-state index in [4.69, 9.17) is 34.4 Å². The molecule has 0 aromatic heterocycles. The maximum atomic E-state index is 14.6. The highest BCUT2D eigenvalue weighted by Crippen LogP contribution is 2.23. The average Bonchev–Trinajstić information content (AvgIpc) is 3.92. The Labute approximate surface area is 477 Å². The number of likely N-dealkylation sites (tertiary alicyclic amines) is 1. The average molecular weight is 1220 g/mol. The minimum absolute atomic E-state index is 0.00502. The Hall–Kier alpha value is -7.88. The molecule has 19 N–H and O–H groups in total. The van der Waals surface area contributed by atoms with E-state index >= 15 is 0 Å². The number of rotatable bonds is 32. The second kappa shape index (κ2) is 32.3. The highest BCUT2D eigenvalue weighted by atomic mass is 127. The smallest absolute Gasteiger partial charge is 0.245 e. The minimum atomic E-state index is -1.51. The molecule has 0 aliphatic carbocycles. The number of guanidine groups is 1. The summed E-state index contributed by atoms with van der Waals surface area (Å²) in [5.74, 6) is -8.31. The molecule has 1 aliphatic heterocycles. The Morgan fingerprint density at radius 2 is 1.11 bits per heavy atom. The van der Waals surface area contributed by atoms with Crippen LogP contribution in [0.15, 0.2) is 83.9 Å². The number of carbonyl (C=O) groups excluding carboxylic acids is 10. The van der Waals surface area contributed by atoms with Crippen molar-refractivity contribution >= 4 is 87.6 Å². The first-order chi connectivity index (χ1) is 37.9. The van der Waals surface area contributed by atoms with Crippen molar-refractivity contribution in [3.63, 3.8) is 0 Å². The third kappa shape index (κ3) is 21.7. The number of nitrogens with zero attached hydrogens (tertiary/aromatic N) is 2. The zero-order chi connectivity index (χ0) is 59.1. The molecule has 0 spiro atoms. The Balaban J connectivity index is 1.57. The normalized spacial score (nSPS) is 15.6. The van der Waals surface area contributed by atoms with Crippen molar-refractivity contribution in [1.82, 2.24) is 36.8 Å². The highest BCUT2D eigenvalue weighted by molar-refractivity contribution is 14.1. The lowest BCUT2D eigenvalue weighted by molar-refractivity contribution is -0.143. The standard InChI is InChI=1S/C54H75IN14O11/c1-30(2)25-40(67-47(74)35(56)27-33-17-20-43(70)34(55)26-33)50(77)68-41(29-32-13-7-4-8-14-32)51(78)65-38(19-22-45(58)72)53(80)69-24-10-16-42(69)52(79)64-37(18-21-44(57)71)49(76)63-36(15-9-23-62-54(60)61)48(75)66-39(46(59)73)28-31-11-5-3-6-12-31/h3-8,11-14,17,20,26,30,35-42,70H,9-10,15-16,18-19,21-25,27-29,56H2,1-2H3,(H2,57,71)(H2,58,72)(H2,59,73)(H,63,76)(H,64,79)(H,65,78)(H,66,75)(H,67,74)(H,68,77)(H4,60,61,62)/t35-,36-,37-,38-,39-,40-,41-,42-/m0/s1. The Morgan fingerprint density at radius 1 is 0.613 bits per heavy atom. The lowest BCUT2D eigenvalue weighted by Gasteiger charge is -2.31. The first-order valence-electron chi connectivity index (χ1n) is 26.3. The fourth-order valence-electron chi connectivity index (χ4n) is 8.87. The molecule has 80 heavy (non-hydrogen) atoms. The van der Waals surface area contributed by atoms with Crippen LogP contribution in [0.25, 0.3) is 0 Å². The molecular weight excluding hydrogens is 1150 g/mol. The topological polar surface area (TPSA) is 435 Å². The zero-order valence-corrected chi connectivity index (χ0v) is 47.0. The van der Waals surface area contributed by atoms with Crippen LogP contribution >= 0.6 is 22.6 Å². The van der Waals surface area contributed by atoms with E-state index in [-0.39, 0.29) is 101 Å². The van der Waals surface area contributed by atoms with Gasteiger partial charge in [0.05, 0.1) is 9.61 Å². The molecule has 1 heterocycles. The molecule has 25 nitrogen and oxygen atoms in total. The summed E-state index contributed by atoms with van der Waals surface area (Å²) < 4.78 is 0.559. The Morgan fingerprint density at radius 3 is 1.66 bits per heavy atom. The maximum absolute atomic E-state index is 14.6. The van der Waals surface area contributed by atoms with Gasteiger partial charge in [-0.05, 0) is 109 Å². The van der Waals surface area contributed by atoms with E-state index in [9.17, 15) is 53.1 Å². The minimum Gasteiger partial charge on any atom is -0.507 e. The van der Waals surface area contributed by atoms with Crippen LogP contribution in [0.4, 0.5) is 0 Å². The Kier molecular flexibility index (Phi) is 26.1. The zero-order valence-electron chi connectivity index (χ0n) is 44.9. The number of amides is 10. The summed E-state index contributed by atoms with van der Waals surface area (Å²) in [5, 5.41) is 25.9. The SMILES string of the molecule is CC(C)C[C@H](NC(=O)[C@@H](N)Cc1ccc(O)c(I)c1)C(=O)N[C@@H](Cc1ccccc1)C(=O)N[C@@H](CCC(N)=O)C(=O)N1CCC[C@H]1C(=O)N[C@@H](CCC(N)=O)C(=O)N[C@@H](CCCN=C(N)N)C(=O)N[C@@H](Cc1ccccc1)C(N)=O. The number of carbonyl (C=O) groups is 10. The molecule has 0 saturated carbocycles. The van der Waals surface area contributed by atoms with E-state index in [0.29, 0.717) is 20.3 Å². The number of benzene rings is 3. The molecule has 1 aliphatic rings. The van der Waals surface area contributed by atoms with Gasteiger partial charge in [0.2, 0.25) is 59.1 Å². The molecule has 10 amide bonds. The largest absolute Gasteiger partial charge is 0.507 e. The molecule has 4 rings (SSSR count). The van der Waals surface area contributed by atoms with E-state index in [1.165, 1.54) is 11.0 Å². The van der Waals surface area contributed by atoms with Gasteiger partial charge in [0.25, 0.3) is 0 Å². The van der Waals surface area contributed by atoms with E-state index < -0.39 is 114 Å². The summed E-state index contributed by atoms with van der Waals surface area (Å²) in [7, 11) is 0. The first kappa shape index (κ1) is 64.6. The van der Waals surface area contributed by atoms with Crippen LogP contribution in [0.2, 0.25) is 0 Å². The number of phenolic OH excluding ortho intramolecular Hbond substituents is 1. The van der Waals surface area contributed by atoms with Crippen molar-refractivity contribution in [2.75, 3.05) is 13.1 Å². The lowest BCUT2D eigenvalue weighted by Crippen LogP contribution is -2.60. The molecule has 26 heteroatoms. The van der Waals surface area contributed by atoms with Crippen molar-refractivity contribution in [2.24, 2.45) is 45.3 Å². The molecule has 0 radical (unpaired) electrons. The second-order valence-corrected chi connectivity index (χ2v) is 21.2. The summed E-state index contributed by atoms with van der Waals surface area (Å²) in [5.41, 5.74) is 35.9. The van der Waals surface area contributed by atoms with Crippen molar-refractivity contribution in [2.45, 2.75) is 139 Å². The molecule has 0 bridgehead atoms. The first-order valence-corrected chi connectivity index (χ1v) is 27.3. The van der Waals surface area contributed by atoms with Crippen LogP contribution in [-0.2, 0) is 67.2 Å². The monoisotopic (exact) mass is 1220 g/mol. The summed E-state index contributed by atoms with van der Waals surface area (Å²) in [6.45, 7) is 3.73. The van der Waals surface area contributed by atoms with Crippen LogP contribution in [0.5, 0.6) is 5.75 Å². The molecule has 1 fully saturated rings. The number of hydrogen-bond acceptors (Lipinski definition) is 13. The second-order valence-electron chi connectivity index (χ2n) is 20.0. The van der Waals surface area contributed by atoms with Gasteiger partial charge in [-0.1, -0.05) is 80.6 Å². The number of nitrogens with one attached hydrogen (secondary N) is 6. The number of aliphatic imine (C=N–C) groups is 1. The van der Waals surface area contributed by atoms with Gasteiger partial charge in [0.1, 0.15) is 48.0 Å². The lowest BCUT2D eigenvalue weighted by atomic mass is 9.99. The fraction of sp³-hybridized carbons (Fsp3) is 0.463. The number of aromatic hydroxyl groups is 1. The molecular formula is C54H75IN14O11. The quantitative estimate of drug-likeness (QED) is 0.0145. The van der Waals surface area contributed by atoms with Crippen LogP contribution < -0.4 is 66.3 Å². The third-order valence-electron chi connectivity index (χ3n) is 13.0. The molecule has 8 atom stereocenters. The van der Waals surface area contributed by atoms with Gasteiger partial charge in [-0.15, -0.1) is 0 Å². The van der Waals surface area contributed by atoms with Crippen LogP contribution in [-0.4, -0.2) is 136 Å². The number of primary amides is 3. The van der Waals surface area contributed by atoms with Crippen LogP contribution in [0.3, 0.4) is 0 Å². The van der Waals surface area contributed by atoms with Crippen LogP contribution in [0, 0.1) is 9.49 Å². The Bertz CT molecular complexity index is 2680. The summed E-state index contributed by atoms with van der Waals surface area (Å²) >= 11 is 1.95. The highest BCUT2D eigenvalue weighted by Gasteiger charge is 2.40. The molecule has 3 aromatic carbocycles. The maximum Gasteiger partial charge on any atom is 0.245 e. The van der Waals surface area contributed by atoms with Gasteiger partial charge < -0.3 is 76.3 Å². The van der Waals surface area contributed by atoms with E-state index in [0.717, 1.165) is 0 Å². The summed E-state index contributed by atoms with van der Waals surface area (Å²) in [4.78, 5) is 141. The van der Waals surface area contributed by atoms with E-state index in [1.54, 1.807) is 72.8 Å². The van der Waals surface area contributed by atoms with Gasteiger partial charge in [-0.3, -0.25) is 52.9 Å². The van der Waals surface area contributed by atoms with Gasteiger partial charge in [0, 0.05) is 38.8 Å². The predicted octanol–water partition coefficient (Wildman–Crippen LogP) is -1.63. The van der Waals surface area contributed by atoms with Crippen molar-refractivity contribution in [3.05, 3.63) is 99.1 Å². The molecule has 0 unspecified atom stereocenters. The van der Waals surface area contributed by atoms with Gasteiger partial charge >= 0.3 is 0 Å². The van der Waals surface area contributed by atoms with E-state index in [2.05, 4.69) is 36.9 Å². The molecule has 3 aromatic rings. The fourth-order valence-corrected chi connectivity index (χ4v) is 9.45. The third-order valence-corrected chi connectivity index (χ3v) is 13.9.